The monoisotopic (exact) mass is 288 g/mol. The van der Waals surface area contributed by atoms with E-state index < -0.39 is 0 Å². The van der Waals surface area contributed by atoms with Crippen LogP contribution in [0.1, 0.15) is 30.8 Å². The number of amides is 1. The van der Waals surface area contributed by atoms with Crippen LogP contribution in [0.5, 0.6) is 0 Å². The minimum absolute atomic E-state index is 0.223. The molecule has 0 bridgehead atoms. The maximum Gasteiger partial charge on any atom is 0.274 e. The summed E-state index contributed by atoms with van der Waals surface area (Å²) in [6.07, 6.45) is 2.45. The van der Waals surface area contributed by atoms with E-state index in [1.165, 1.54) is 36.5 Å². The van der Waals surface area contributed by atoms with Gasteiger partial charge >= 0.3 is 0 Å². The van der Waals surface area contributed by atoms with Crippen molar-refractivity contribution in [3.8, 4) is 0 Å². The van der Waals surface area contributed by atoms with Gasteiger partial charge in [-0.25, -0.2) is 14.4 Å². The molecule has 21 heavy (non-hydrogen) atoms. The molecule has 1 heterocycles. The summed E-state index contributed by atoms with van der Waals surface area (Å²) in [6, 6.07) is 7.30. The van der Waals surface area contributed by atoms with Crippen LogP contribution in [-0.2, 0) is 0 Å². The Morgan fingerprint density at radius 1 is 1.29 bits per heavy atom. The summed E-state index contributed by atoms with van der Waals surface area (Å²) >= 11 is 0. The molecule has 1 atom stereocenters. The maximum absolute atomic E-state index is 12.8. The topological polar surface area (TPSA) is 66.9 Å². The van der Waals surface area contributed by atoms with Crippen LogP contribution in [-0.4, -0.2) is 21.9 Å². The number of rotatable bonds is 5. The van der Waals surface area contributed by atoms with E-state index in [1.807, 2.05) is 13.8 Å². The molecule has 0 aliphatic heterocycles. The van der Waals surface area contributed by atoms with Gasteiger partial charge in [0.15, 0.2) is 0 Å². The van der Waals surface area contributed by atoms with Crippen molar-refractivity contribution in [2.24, 2.45) is 0 Å². The zero-order chi connectivity index (χ0) is 15.2. The molecule has 0 fully saturated rings. The second-order valence-electron chi connectivity index (χ2n) is 4.68. The third-order valence-corrected chi connectivity index (χ3v) is 2.98. The average molecular weight is 288 g/mol. The second-order valence-corrected chi connectivity index (χ2v) is 4.68. The molecule has 2 aromatic rings. The molecular formula is C15H17FN4O. The van der Waals surface area contributed by atoms with E-state index in [9.17, 15) is 9.18 Å². The maximum atomic E-state index is 12.8. The number of carbonyl (C=O) groups excluding carboxylic acids is 1. The highest BCUT2D eigenvalue weighted by Crippen LogP contribution is 2.10. The SMILES string of the molecule is CCC(C)Nc1nccc(C(=O)Nc2ccc(F)cc2)n1. The van der Waals surface area contributed by atoms with E-state index in [0.717, 1.165) is 6.42 Å². The normalized spacial score (nSPS) is 11.8. The molecule has 2 N–H and O–H groups in total. The fourth-order valence-corrected chi connectivity index (χ4v) is 1.61. The average Bonchev–Trinajstić information content (AvgIpc) is 2.49. The molecule has 0 aliphatic carbocycles. The first-order chi connectivity index (χ1) is 10.1. The van der Waals surface area contributed by atoms with Crippen molar-refractivity contribution < 1.29 is 9.18 Å². The van der Waals surface area contributed by atoms with Gasteiger partial charge in [0.2, 0.25) is 5.95 Å². The zero-order valence-electron chi connectivity index (χ0n) is 11.9. The number of nitrogens with zero attached hydrogens (tertiary/aromatic N) is 2. The number of anilines is 2. The summed E-state index contributed by atoms with van der Waals surface area (Å²) in [5.74, 6) is -0.303. The zero-order valence-corrected chi connectivity index (χ0v) is 11.9. The predicted octanol–water partition coefficient (Wildman–Crippen LogP) is 3.08. The number of halogens is 1. The third-order valence-electron chi connectivity index (χ3n) is 2.98. The van der Waals surface area contributed by atoms with E-state index in [1.54, 1.807) is 0 Å². The van der Waals surface area contributed by atoms with Crippen LogP contribution in [0, 0.1) is 5.82 Å². The number of aromatic nitrogens is 2. The van der Waals surface area contributed by atoms with Crippen LogP contribution < -0.4 is 10.6 Å². The number of hydrogen-bond acceptors (Lipinski definition) is 4. The minimum atomic E-state index is -0.365. The molecule has 0 spiro atoms. The van der Waals surface area contributed by atoms with Crippen molar-refractivity contribution in [1.82, 2.24) is 9.97 Å². The van der Waals surface area contributed by atoms with Crippen molar-refractivity contribution in [3.05, 3.63) is 48.0 Å². The van der Waals surface area contributed by atoms with Gasteiger partial charge in [-0.05, 0) is 43.7 Å². The van der Waals surface area contributed by atoms with E-state index >= 15 is 0 Å². The first-order valence-electron chi connectivity index (χ1n) is 6.75. The van der Waals surface area contributed by atoms with Crippen LogP contribution in [0.25, 0.3) is 0 Å². The van der Waals surface area contributed by atoms with Gasteiger partial charge in [-0.15, -0.1) is 0 Å². The first kappa shape index (κ1) is 14.9. The molecule has 2 rings (SSSR count). The summed E-state index contributed by atoms with van der Waals surface area (Å²) in [7, 11) is 0. The van der Waals surface area contributed by atoms with Crippen molar-refractivity contribution in [2.75, 3.05) is 10.6 Å². The Labute approximate surface area is 122 Å². The van der Waals surface area contributed by atoms with Gasteiger partial charge in [-0.1, -0.05) is 6.92 Å². The molecule has 110 valence electrons. The van der Waals surface area contributed by atoms with Crippen molar-refractivity contribution >= 4 is 17.5 Å². The van der Waals surface area contributed by atoms with E-state index in [-0.39, 0.29) is 23.5 Å². The predicted molar refractivity (Wildman–Crippen MR) is 79.8 cm³/mol. The molecule has 1 unspecified atom stereocenters. The molecule has 0 radical (unpaired) electrons. The number of hydrogen-bond donors (Lipinski definition) is 2. The van der Waals surface area contributed by atoms with Gasteiger partial charge < -0.3 is 10.6 Å². The van der Waals surface area contributed by atoms with Crippen molar-refractivity contribution in [2.45, 2.75) is 26.3 Å². The molecule has 6 heteroatoms. The third kappa shape index (κ3) is 4.24. The second kappa shape index (κ2) is 6.78. The number of carbonyl (C=O) groups is 1. The Hall–Kier alpha value is -2.50. The molecular weight excluding hydrogens is 271 g/mol. The Balaban J connectivity index is 2.08. The van der Waals surface area contributed by atoms with Crippen LogP contribution in [0.2, 0.25) is 0 Å². The summed E-state index contributed by atoms with van der Waals surface area (Å²) < 4.78 is 12.8. The van der Waals surface area contributed by atoms with E-state index in [2.05, 4.69) is 20.6 Å². The van der Waals surface area contributed by atoms with E-state index in [0.29, 0.717) is 11.6 Å². The number of benzene rings is 1. The summed E-state index contributed by atoms with van der Waals surface area (Å²) in [4.78, 5) is 20.3. The van der Waals surface area contributed by atoms with Gasteiger partial charge in [0.25, 0.3) is 5.91 Å². The number of nitrogens with one attached hydrogen (secondary N) is 2. The van der Waals surface area contributed by atoms with Crippen LogP contribution in [0.4, 0.5) is 16.0 Å². The summed E-state index contributed by atoms with van der Waals surface area (Å²) in [5, 5.41) is 5.76. The molecule has 0 saturated carbocycles. The fraction of sp³-hybridized carbons (Fsp3) is 0.267. The summed E-state index contributed by atoms with van der Waals surface area (Å²) in [5.41, 5.74) is 0.761. The smallest absolute Gasteiger partial charge is 0.274 e. The molecule has 5 nitrogen and oxygen atoms in total. The van der Waals surface area contributed by atoms with Gasteiger partial charge in [-0.3, -0.25) is 4.79 Å². The van der Waals surface area contributed by atoms with Gasteiger partial charge in [-0.2, -0.15) is 0 Å². The fourth-order valence-electron chi connectivity index (χ4n) is 1.61. The highest BCUT2D eigenvalue weighted by Gasteiger charge is 2.10. The standard InChI is InChI=1S/C15H17FN4O/c1-3-10(2)18-15-17-9-8-13(20-15)14(21)19-12-6-4-11(16)5-7-12/h4-10H,3H2,1-2H3,(H,19,21)(H,17,18,20). The Kier molecular flexibility index (Phi) is 4.81. The minimum Gasteiger partial charge on any atom is -0.352 e. The molecule has 1 amide bonds. The summed E-state index contributed by atoms with van der Waals surface area (Å²) in [6.45, 7) is 4.05. The first-order valence-corrected chi connectivity index (χ1v) is 6.75. The molecule has 0 saturated heterocycles. The highest BCUT2D eigenvalue weighted by atomic mass is 19.1. The van der Waals surface area contributed by atoms with Gasteiger partial charge in [0.1, 0.15) is 11.5 Å². The Bertz CT molecular complexity index is 615. The van der Waals surface area contributed by atoms with Crippen LogP contribution in [0.3, 0.4) is 0 Å². The van der Waals surface area contributed by atoms with Crippen LogP contribution >= 0.6 is 0 Å². The lowest BCUT2D eigenvalue weighted by atomic mass is 10.3. The van der Waals surface area contributed by atoms with Gasteiger partial charge in [0, 0.05) is 17.9 Å². The van der Waals surface area contributed by atoms with Crippen LogP contribution in [0.15, 0.2) is 36.5 Å². The largest absolute Gasteiger partial charge is 0.352 e. The molecule has 1 aromatic carbocycles. The lowest BCUT2D eigenvalue weighted by Gasteiger charge is -2.11. The Morgan fingerprint density at radius 3 is 2.67 bits per heavy atom. The van der Waals surface area contributed by atoms with Crippen molar-refractivity contribution in [1.29, 1.82) is 0 Å². The van der Waals surface area contributed by atoms with E-state index in [4.69, 9.17) is 0 Å². The Morgan fingerprint density at radius 2 is 2.00 bits per heavy atom. The lowest BCUT2D eigenvalue weighted by molar-refractivity contribution is 0.102. The lowest BCUT2D eigenvalue weighted by Crippen LogP contribution is -2.19. The molecule has 0 aliphatic rings. The quantitative estimate of drug-likeness (QED) is 0.887. The van der Waals surface area contributed by atoms with Gasteiger partial charge in [0.05, 0.1) is 0 Å². The molecule has 1 aromatic heterocycles. The highest BCUT2D eigenvalue weighted by molar-refractivity contribution is 6.02. The van der Waals surface area contributed by atoms with Crippen molar-refractivity contribution in [3.63, 3.8) is 0 Å².